The third-order valence-corrected chi connectivity index (χ3v) is 4.40. The van der Waals surface area contributed by atoms with E-state index in [1.807, 2.05) is 37.9 Å². The van der Waals surface area contributed by atoms with E-state index in [0.717, 1.165) is 29.4 Å². The molecule has 0 radical (unpaired) electrons. The van der Waals surface area contributed by atoms with Gasteiger partial charge < -0.3 is 8.94 Å². The molecule has 0 aliphatic rings. The van der Waals surface area contributed by atoms with Gasteiger partial charge in [-0.05, 0) is 36.7 Å². The van der Waals surface area contributed by atoms with Gasteiger partial charge in [-0.2, -0.15) is 4.98 Å². The van der Waals surface area contributed by atoms with Crippen molar-refractivity contribution in [2.24, 2.45) is 0 Å². The van der Waals surface area contributed by atoms with Crippen molar-refractivity contribution in [1.82, 2.24) is 15.0 Å². The van der Waals surface area contributed by atoms with Gasteiger partial charge in [-0.3, -0.25) is 4.90 Å². The summed E-state index contributed by atoms with van der Waals surface area (Å²) >= 11 is 6.33. The first kappa shape index (κ1) is 17.6. The summed E-state index contributed by atoms with van der Waals surface area (Å²) in [5.41, 5.74) is 2.00. The average molecular weight is 362 g/mol. The molecule has 3 aromatic rings. The molecule has 0 amide bonds. The van der Waals surface area contributed by atoms with E-state index in [1.54, 1.807) is 0 Å². The topological polar surface area (TPSA) is 72.4 Å². The Balaban J connectivity index is 1.89. The van der Waals surface area contributed by atoms with Crippen LogP contribution in [-0.2, 0) is 25.9 Å². The summed E-state index contributed by atoms with van der Waals surface area (Å²) in [5, 5.41) is 5.41. The van der Waals surface area contributed by atoms with Crippen LogP contribution in [0.5, 0.6) is 0 Å². The summed E-state index contributed by atoms with van der Waals surface area (Å²) in [6, 6.07) is 5.21. The first-order valence-corrected chi connectivity index (χ1v) is 8.63. The largest absolute Gasteiger partial charge is 0.423 e. The Hall–Kier alpha value is -2.18. The van der Waals surface area contributed by atoms with Crippen LogP contribution in [-0.4, -0.2) is 22.1 Å². The van der Waals surface area contributed by atoms with E-state index >= 15 is 0 Å². The summed E-state index contributed by atoms with van der Waals surface area (Å²) in [4.78, 5) is 18.2. The Bertz CT molecular complexity index is 948. The van der Waals surface area contributed by atoms with E-state index in [4.69, 9.17) is 20.5 Å². The van der Waals surface area contributed by atoms with Crippen LogP contribution in [0.1, 0.15) is 36.7 Å². The van der Waals surface area contributed by atoms with Gasteiger partial charge in [0.1, 0.15) is 5.58 Å². The quantitative estimate of drug-likeness (QED) is 0.625. The van der Waals surface area contributed by atoms with Crippen molar-refractivity contribution in [2.45, 2.75) is 39.8 Å². The third kappa shape index (κ3) is 3.91. The molecule has 7 heteroatoms. The third-order valence-electron chi connectivity index (χ3n) is 4.05. The zero-order chi connectivity index (χ0) is 18.0. The van der Waals surface area contributed by atoms with Crippen molar-refractivity contribution < 1.29 is 8.94 Å². The van der Waals surface area contributed by atoms with Gasteiger partial charge in [-0.25, -0.2) is 4.79 Å². The molecule has 1 aromatic carbocycles. The number of rotatable bonds is 6. The van der Waals surface area contributed by atoms with Crippen LogP contribution in [0.4, 0.5) is 0 Å². The van der Waals surface area contributed by atoms with Gasteiger partial charge in [0.2, 0.25) is 5.89 Å². The number of hydrogen-bond donors (Lipinski definition) is 0. The summed E-state index contributed by atoms with van der Waals surface area (Å²) < 4.78 is 10.6. The number of benzene rings is 1. The predicted molar refractivity (Wildman–Crippen MR) is 95.7 cm³/mol. The van der Waals surface area contributed by atoms with Crippen molar-refractivity contribution in [3.05, 3.63) is 56.5 Å². The first-order valence-electron chi connectivity index (χ1n) is 8.25. The highest BCUT2D eigenvalue weighted by molar-refractivity contribution is 6.32. The van der Waals surface area contributed by atoms with Gasteiger partial charge >= 0.3 is 5.63 Å². The van der Waals surface area contributed by atoms with Crippen LogP contribution in [0.15, 0.2) is 31.9 Å². The SMILES string of the molecule is CCc1noc(CN(C)Cc2cc(=O)oc3cc(CC)c(Cl)cc23)n1. The molecular weight excluding hydrogens is 342 g/mol. The Morgan fingerprint density at radius 1 is 1.12 bits per heavy atom. The van der Waals surface area contributed by atoms with E-state index < -0.39 is 0 Å². The summed E-state index contributed by atoms with van der Waals surface area (Å²) in [6.07, 6.45) is 1.51. The molecule has 2 aromatic heterocycles. The smallest absolute Gasteiger partial charge is 0.336 e. The zero-order valence-electron chi connectivity index (χ0n) is 14.5. The fourth-order valence-corrected chi connectivity index (χ4v) is 3.06. The Labute approximate surface area is 150 Å². The molecule has 0 atom stereocenters. The highest BCUT2D eigenvalue weighted by Crippen LogP contribution is 2.26. The maximum atomic E-state index is 11.9. The van der Waals surface area contributed by atoms with Gasteiger partial charge in [0.05, 0.1) is 6.54 Å². The summed E-state index contributed by atoms with van der Waals surface area (Å²) in [5.74, 6) is 1.24. The molecular formula is C18H20ClN3O3. The number of hydrogen-bond acceptors (Lipinski definition) is 6. The number of fused-ring (bicyclic) bond motifs is 1. The highest BCUT2D eigenvalue weighted by Gasteiger charge is 2.13. The maximum absolute atomic E-state index is 11.9. The lowest BCUT2D eigenvalue weighted by Gasteiger charge is -2.15. The molecule has 0 saturated heterocycles. The lowest BCUT2D eigenvalue weighted by molar-refractivity contribution is 0.260. The fourth-order valence-electron chi connectivity index (χ4n) is 2.77. The number of aryl methyl sites for hydroxylation is 2. The predicted octanol–water partition coefficient (Wildman–Crippen LogP) is 3.59. The van der Waals surface area contributed by atoms with Crippen LogP contribution in [0.2, 0.25) is 5.02 Å². The minimum absolute atomic E-state index is 0.369. The molecule has 25 heavy (non-hydrogen) atoms. The summed E-state index contributed by atoms with van der Waals surface area (Å²) in [6.45, 7) is 5.02. The van der Waals surface area contributed by atoms with Gasteiger partial charge in [0.25, 0.3) is 0 Å². The molecule has 0 saturated carbocycles. The molecule has 0 unspecified atom stereocenters. The summed E-state index contributed by atoms with van der Waals surface area (Å²) in [7, 11) is 1.93. The minimum Gasteiger partial charge on any atom is -0.423 e. The second-order valence-corrected chi connectivity index (χ2v) is 6.42. The molecule has 132 valence electrons. The molecule has 0 fully saturated rings. The molecule has 0 N–H and O–H groups in total. The van der Waals surface area contributed by atoms with E-state index in [1.165, 1.54) is 6.07 Å². The van der Waals surface area contributed by atoms with Crippen molar-refractivity contribution in [1.29, 1.82) is 0 Å². The Morgan fingerprint density at radius 3 is 2.60 bits per heavy atom. The molecule has 3 rings (SSSR count). The maximum Gasteiger partial charge on any atom is 0.336 e. The normalized spacial score (nSPS) is 11.6. The minimum atomic E-state index is -0.369. The molecule has 0 spiro atoms. The fraction of sp³-hybridized carbons (Fsp3) is 0.389. The Kier molecular flexibility index (Phi) is 5.20. The average Bonchev–Trinajstić information content (AvgIpc) is 3.02. The molecule has 0 aliphatic heterocycles. The van der Waals surface area contributed by atoms with Gasteiger partial charge in [-0.1, -0.05) is 30.6 Å². The van der Waals surface area contributed by atoms with E-state index in [2.05, 4.69) is 10.1 Å². The van der Waals surface area contributed by atoms with Crippen molar-refractivity contribution in [2.75, 3.05) is 7.05 Å². The van der Waals surface area contributed by atoms with Crippen LogP contribution in [0.3, 0.4) is 0 Å². The van der Waals surface area contributed by atoms with Crippen molar-refractivity contribution >= 4 is 22.6 Å². The number of nitrogens with zero attached hydrogens (tertiary/aromatic N) is 3. The van der Waals surface area contributed by atoms with Gasteiger partial charge in [0.15, 0.2) is 5.82 Å². The lowest BCUT2D eigenvalue weighted by Crippen LogP contribution is -2.18. The van der Waals surface area contributed by atoms with Crippen molar-refractivity contribution in [3.63, 3.8) is 0 Å². The Morgan fingerprint density at radius 2 is 1.92 bits per heavy atom. The van der Waals surface area contributed by atoms with Gasteiger partial charge in [-0.15, -0.1) is 0 Å². The second-order valence-electron chi connectivity index (χ2n) is 6.01. The van der Waals surface area contributed by atoms with Crippen molar-refractivity contribution in [3.8, 4) is 0 Å². The molecule has 6 nitrogen and oxygen atoms in total. The van der Waals surface area contributed by atoms with Gasteiger partial charge in [0, 0.05) is 29.4 Å². The number of aromatic nitrogens is 2. The standard InChI is InChI=1S/C18H20ClN3O3/c1-4-11-6-15-13(8-14(11)19)12(7-18(23)24-15)9-22(3)10-17-20-16(5-2)21-25-17/h6-8H,4-5,9-10H2,1-3H3. The van der Waals surface area contributed by atoms with Crippen LogP contribution in [0, 0.1) is 0 Å². The second kappa shape index (κ2) is 7.37. The molecule has 0 aliphatic carbocycles. The number of halogens is 1. The monoisotopic (exact) mass is 361 g/mol. The van der Waals surface area contributed by atoms with E-state index in [-0.39, 0.29) is 5.63 Å². The lowest BCUT2D eigenvalue weighted by atomic mass is 10.1. The zero-order valence-corrected chi connectivity index (χ0v) is 15.3. The van der Waals surface area contributed by atoms with Crippen LogP contribution >= 0.6 is 11.6 Å². The molecule has 2 heterocycles. The van der Waals surface area contributed by atoms with Crippen LogP contribution in [0.25, 0.3) is 11.0 Å². The molecule has 0 bridgehead atoms. The van der Waals surface area contributed by atoms with E-state index in [9.17, 15) is 4.79 Å². The first-order chi connectivity index (χ1) is 12.0. The highest BCUT2D eigenvalue weighted by atomic mass is 35.5. The van der Waals surface area contributed by atoms with E-state index in [0.29, 0.717) is 35.4 Å². The van der Waals surface area contributed by atoms with Crippen LogP contribution < -0.4 is 5.63 Å².